The molecule has 3 heteroatoms. The zero-order valence-electron chi connectivity index (χ0n) is 4.10. The summed E-state index contributed by atoms with van der Waals surface area (Å²) in [6, 6.07) is 0. The highest BCUT2D eigenvalue weighted by Crippen LogP contribution is 2.29. The molecule has 1 rings (SSSR count). The third kappa shape index (κ3) is 1.67. The van der Waals surface area contributed by atoms with Gasteiger partial charge in [-0.15, -0.1) is 0 Å². The van der Waals surface area contributed by atoms with Crippen molar-refractivity contribution in [1.29, 1.82) is 0 Å². The molecule has 0 spiro atoms. The second-order valence-corrected chi connectivity index (χ2v) is 3.40. The van der Waals surface area contributed by atoms with Crippen LogP contribution in [0.3, 0.4) is 0 Å². The van der Waals surface area contributed by atoms with E-state index in [0.29, 0.717) is 0 Å². The molecule has 0 N–H and O–H groups in total. The Morgan fingerprint density at radius 1 is 1.29 bits per heavy atom. The van der Waals surface area contributed by atoms with Crippen LogP contribution in [0.25, 0.3) is 0 Å². The molecule has 0 saturated carbocycles. The first-order valence-electron chi connectivity index (χ1n) is 2.50. The maximum absolute atomic E-state index is 3.37. The smallest absolute Gasteiger partial charge is 0.0882 e. The minimum atomic E-state index is 1.27. The number of hydrogen-bond acceptors (Lipinski definition) is 1. The molecule has 1 heterocycles. The van der Waals surface area contributed by atoms with Crippen LogP contribution in [0.5, 0.6) is 0 Å². The number of hydrogen-bond donors (Lipinski definition) is 0. The lowest BCUT2D eigenvalue weighted by Crippen LogP contribution is -2.03. The van der Waals surface area contributed by atoms with Crippen LogP contribution in [-0.2, 0) is 0 Å². The van der Waals surface area contributed by atoms with E-state index in [1.54, 1.807) is 0 Å². The van der Waals surface area contributed by atoms with Gasteiger partial charge >= 0.3 is 0 Å². The highest BCUT2D eigenvalue weighted by molar-refractivity contribution is 9.36. The molecule has 0 atom stereocenters. The standard InChI is InChI=1S/C4H8BrNP/c5-7-6-3-1-2-4-6/h1-4H2. The molecule has 0 unspecified atom stereocenters. The van der Waals surface area contributed by atoms with Gasteiger partial charge in [-0.05, 0) is 28.3 Å². The Balaban J connectivity index is 2.14. The Morgan fingerprint density at radius 3 is 2.14 bits per heavy atom. The quantitative estimate of drug-likeness (QED) is 0.560. The molecule has 1 nitrogen and oxygen atoms in total. The van der Waals surface area contributed by atoms with Crippen LogP contribution < -0.4 is 0 Å². The number of halogens is 1. The normalized spacial score (nSPS) is 25.3. The van der Waals surface area contributed by atoms with Crippen LogP contribution in [0.4, 0.5) is 0 Å². The molecule has 0 bridgehead atoms. The van der Waals surface area contributed by atoms with E-state index in [1.807, 2.05) is 0 Å². The summed E-state index contributed by atoms with van der Waals surface area (Å²) < 4.78 is 2.38. The second-order valence-electron chi connectivity index (χ2n) is 1.74. The molecule has 1 aliphatic heterocycles. The summed E-state index contributed by atoms with van der Waals surface area (Å²) >= 11 is 3.37. The van der Waals surface area contributed by atoms with Crippen LogP contribution in [0.15, 0.2) is 0 Å². The lowest BCUT2D eigenvalue weighted by atomic mass is 10.4. The van der Waals surface area contributed by atoms with Gasteiger partial charge in [-0.1, -0.05) is 0 Å². The lowest BCUT2D eigenvalue weighted by Gasteiger charge is -2.04. The summed E-state index contributed by atoms with van der Waals surface area (Å²) in [5.74, 6) is 0. The van der Waals surface area contributed by atoms with Gasteiger partial charge in [0.15, 0.2) is 0 Å². The fourth-order valence-electron chi connectivity index (χ4n) is 0.776. The minimum Gasteiger partial charge on any atom is -0.268 e. The van der Waals surface area contributed by atoms with Crippen molar-refractivity contribution in [2.45, 2.75) is 12.8 Å². The summed E-state index contributed by atoms with van der Waals surface area (Å²) in [5, 5.41) is 0. The van der Waals surface area contributed by atoms with Crippen molar-refractivity contribution in [2.75, 3.05) is 13.1 Å². The molecular formula is C4H8BrNP. The van der Waals surface area contributed by atoms with Crippen molar-refractivity contribution in [1.82, 2.24) is 4.67 Å². The predicted octanol–water partition coefficient (Wildman–Crippen LogP) is 2.25. The molecule has 1 aliphatic rings. The first kappa shape index (κ1) is 6.00. The first-order chi connectivity index (χ1) is 3.43. The van der Waals surface area contributed by atoms with E-state index in [0.717, 1.165) is 0 Å². The van der Waals surface area contributed by atoms with Crippen molar-refractivity contribution >= 4 is 22.9 Å². The lowest BCUT2D eigenvalue weighted by molar-refractivity contribution is 0.584. The van der Waals surface area contributed by atoms with Crippen molar-refractivity contribution in [3.63, 3.8) is 0 Å². The Hall–Kier alpha value is 0.870. The summed E-state index contributed by atoms with van der Waals surface area (Å²) in [6.45, 7) is 2.57. The SMILES string of the molecule is Br[P]N1CCCC1. The fraction of sp³-hybridized carbons (Fsp3) is 1.00. The molecule has 0 aromatic heterocycles. The summed E-state index contributed by atoms with van der Waals surface area (Å²) in [7, 11) is 1.27. The van der Waals surface area contributed by atoms with Gasteiger partial charge in [-0.25, -0.2) is 0 Å². The van der Waals surface area contributed by atoms with Gasteiger partial charge in [-0.2, -0.15) is 0 Å². The minimum absolute atomic E-state index is 1.27. The van der Waals surface area contributed by atoms with Crippen LogP contribution in [0, 0.1) is 0 Å². The first-order valence-corrected chi connectivity index (χ1v) is 5.37. The van der Waals surface area contributed by atoms with Gasteiger partial charge in [0, 0.05) is 13.1 Å². The maximum atomic E-state index is 3.37. The third-order valence-corrected chi connectivity index (χ3v) is 3.15. The third-order valence-electron chi connectivity index (χ3n) is 1.19. The van der Waals surface area contributed by atoms with Crippen LogP contribution in [-0.4, -0.2) is 17.8 Å². The number of nitrogens with zero attached hydrogens (tertiary/aromatic N) is 1. The van der Waals surface area contributed by atoms with E-state index < -0.39 is 0 Å². The molecule has 1 fully saturated rings. The summed E-state index contributed by atoms with van der Waals surface area (Å²) in [4.78, 5) is 0. The maximum Gasteiger partial charge on any atom is 0.0882 e. The van der Waals surface area contributed by atoms with Crippen molar-refractivity contribution in [3.8, 4) is 0 Å². The molecule has 0 amide bonds. The van der Waals surface area contributed by atoms with Gasteiger partial charge in [0.05, 0.1) is 7.43 Å². The van der Waals surface area contributed by atoms with Gasteiger partial charge in [0.1, 0.15) is 0 Å². The van der Waals surface area contributed by atoms with Gasteiger partial charge in [-0.3, -0.25) is 4.67 Å². The predicted molar refractivity (Wildman–Crippen MR) is 36.7 cm³/mol. The highest BCUT2D eigenvalue weighted by Gasteiger charge is 2.08. The molecule has 0 aromatic rings. The highest BCUT2D eigenvalue weighted by atomic mass is 79.9. The second kappa shape index (κ2) is 3.01. The average molecular weight is 181 g/mol. The number of rotatable bonds is 1. The molecular weight excluding hydrogens is 173 g/mol. The zero-order valence-corrected chi connectivity index (χ0v) is 6.58. The van der Waals surface area contributed by atoms with Gasteiger partial charge in [0.25, 0.3) is 0 Å². The van der Waals surface area contributed by atoms with Crippen LogP contribution >= 0.6 is 22.9 Å². The molecule has 41 valence electrons. The Labute approximate surface area is 54.0 Å². The Morgan fingerprint density at radius 2 is 1.86 bits per heavy atom. The fourth-order valence-corrected chi connectivity index (χ4v) is 2.16. The van der Waals surface area contributed by atoms with E-state index in [4.69, 9.17) is 0 Å². The average Bonchev–Trinajstić information content (AvgIpc) is 2.14. The van der Waals surface area contributed by atoms with Crippen molar-refractivity contribution < 1.29 is 0 Å². The van der Waals surface area contributed by atoms with Crippen LogP contribution in [0.1, 0.15) is 12.8 Å². The van der Waals surface area contributed by atoms with Gasteiger partial charge < -0.3 is 0 Å². The Kier molecular flexibility index (Phi) is 2.58. The molecule has 1 saturated heterocycles. The summed E-state index contributed by atoms with van der Waals surface area (Å²) in [6.07, 6.45) is 2.78. The van der Waals surface area contributed by atoms with E-state index >= 15 is 0 Å². The Bertz CT molecular complexity index is 53.7. The molecule has 0 aliphatic carbocycles. The van der Waals surface area contributed by atoms with E-state index in [1.165, 1.54) is 33.4 Å². The monoisotopic (exact) mass is 180 g/mol. The van der Waals surface area contributed by atoms with Crippen molar-refractivity contribution in [2.24, 2.45) is 0 Å². The zero-order chi connectivity index (χ0) is 5.11. The molecule has 7 heavy (non-hydrogen) atoms. The van der Waals surface area contributed by atoms with Crippen molar-refractivity contribution in [3.05, 3.63) is 0 Å². The van der Waals surface area contributed by atoms with Crippen LogP contribution in [0.2, 0.25) is 0 Å². The van der Waals surface area contributed by atoms with E-state index in [-0.39, 0.29) is 0 Å². The largest absolute Gasteiger partial charge is 0.268 e. The van der Waals surface area contributed by atoms with Gasteiger partial charge in [0.2, 0.25) is 0 Å². The topological polar surface area (TPSA) is 3.24 Å². The molecule has 1 radical (unpaired) electrons. The molecule has 0 aromatic carbocycles. The van der Waals surface area contributed by atoms with E-state index in [2.05, 4.69) is 20.2 Å². The summed E-state index contributed by atoms with van der Waals surface area (Å²) in [5.41, 5.74) is 0. The van der Waals surface area contributed by atoms with E-state index in [9.17, 15) is 0 Å².